The molecular weight excluding hydrogens is 414 g/mol. The lowest BCUT2D eigenvalue weighted by molar-refractivity contribution is -0.950. The molecule has 2 aliphatic rings. The molecule has 0 radical (unpaired) electrons. The van der Waals surface area contributed by atoms with Crippen LogP contribution in [0.2, 0.25) is 0 Å². The van der Waals surface area contributed by atoms with Crippen molar-refractivity contribution in [1.29, 1.82) is 0 Å². The monoisotopic (exact) mass is 450 g/mol. The molecule has 0 spiro atoms. The van der Waals surface area contributed by atoms with Gasteiger partial charge in [-0.2, -0.15) is 0 Å². The molecule has 0 aromatic carbocycles. The number of hydrogen-bond donors (Lipinski definition) is 9. The summed E-state index contributed by atoms with van der Waals surface area (Å²) in [5.41, 5.74) is -1.69. The lowest BCUT2D eigenvalue weighted by Crippen LogP contribution is -3.23. The Labute approximate surface area is 180 Å². The van der Waals surface area contributed by atoms with Crippen LogP contribution in [0, 0.1) is 5.92 Å². The first-order chi connectivity index (χ1) is 14.3. The Balaban J connectivity index is 2.33. The fourth-order valence-corrected chi connectivity index (χ4v) is 5.71. The summed E-state index contributed by atoms with van der Waals surface area (Å²) in [7, 11) is 5.10. The molecule has 12 nitrogen and oxygen atoms in total. The summed E-state index contributed by atoms with van der Waals surface area (Å²) < 4.78 is 0. The van der Waals surface area contributed by atoms with Gasteiger partial charge in [0, 0.05) is 0 Å². The number of likely N-dealkylation sites (N-methyl/N-ethyl adjacent to an activating group) is 3. The van der Waals surface area contributed by atoms with Gasteiger partial charge < -0.3 is 45.3 Å². The maximum absolute atomic E-state index is 11.5. The number of fused-ring (bicyclic) bond motifs is 1. The SMILES string of the molecule is C[NH+](CCC(=O)O)C1C(O)C([NH+](C)CCC(=O)O)C2(O)C(O)C([NH+](C)CCC(=O)O)C12. The minimum atomic E-state index is -1.69. The van der Waals surface area contributed by atoms with Crippen LogP contribution in [0.4, 0.5) is 0 Å². The number of carboxylic acid groups (broad SMARTS) is 3. The van der Waals surface area contributed by atoms with Crippen molar-refractivity contribution in [3.05, 3.63) is 0 Å². The van der Waals surface area contributed by atoms with Crippen molar-refractivity contribution in [1.82, 2.24) is 0 Å². The molecule has 2 saturated carbocycles. The smallest absolute Gasteiger partial charge is 0.309 e. The predicted octanol–water partition coefficient (Wildman–Crippen LogP) is -6.84. The molecule has 9 N–H and O–H groups in total. The number of quaternary nitrogens is 3. The van der Waals surface area contributed by atoms with E-state index in [2.05, 4.69) is 0 Å². The number of aliphatic carboxylic acids is 3. The molecule has 178 valence electrons. The van der Waals surface area contributed by atoms with Crippen LogP contribution < -0.4 is 14.7 Å². The predicted molar refractivity (Wildman–Crippen MR) is 104 cm³/mol. The molecule has 0 heterocycles. The van der Waals surface area contributed by atoms with Crippen LogP contribution in [0.1, 0.15) is 19.3 Å². The van der Waals surface area contributed by atoms with Gasteiger partial charge in [-0.1, -0.05) is 0 Å². The normalized spacial score (nSPS) is 37.4. The van der Waals surface area contributed by atoms with E-state index in [0.29, 0.717) is 14.7 Å². The molecule has 10 unspecified atom stereocenters. The van der Waals surface area contributed by atoms with E-state index in [-0.39, 0.29) is 38.9 Å². The largest absolute Gasteiger partial charge is 0.481 e. The van der Waals surface area contributed by atoms with Gasteiger partial charge in [-0.05, 0) is 0 Å². The van der Waals surface area contributed by atoms with Crippen LogP contribution >= 0.6 is 0 Å². The third kappa shape index (κ3) is 4.83. The highest BCUT2D eigenvalue weighted by Gasteiger charge is 2.81. The summed E-state index contributed by atoms with van der Waals surface area (Å²) in [6.07, 6.45) is -2.78. The number of nitrogens with one attached hydrogen (secondary N) is 3. The van der Waals surface area contributed by atoms with Crippen LogP contribution in [0.25, 0.3) is 0 Å². The molecule has 2 rings (SSSR count). The van der Waals surface area contributed by atoms with E-state index in [9.17, 15) is 29.7 Å². The first-order valence-corrected chi connectivity index (χ1v) is 10.5. The second-order valence-corrected chi connectivity index (χ2v) is 9.10. The van der Waals surface area contributed by atoms with E-state index in [1.165, 1.54) is 0 Å². The van der Waals surface area contributed by atoms with Crippen molar-refractivity contribution < 1.29 is 59.7 Å². The summed E-state index contributed by atoms with van der Waals surface area (Å²) in [5, 5.41) is 60.7. The Morgan fingerprint density at radius 2 is 1.13 bits per heavy atom. The second-order valence-electron chi connectivity index (χ2n) is 9.10. The van der Waals surface area contributed by atoms with Crippen molar-refractivity contribution in [2.24, 2.45) is 5.92 Å². The maximum Gasteiger partial charge on any atom is 0.309 e. The first-order valence-electron chi connectivity index (χ1n) is 10.5. The van der Waals surface area contributed by atoms with E-state index in [1.54, 1.807) is 21.1 Å². The number of aliphatic hydroxyl groups is 3. The minimum absolute atomic E-state index is 0.123. The summed E-state index contributed by atoms with van der Waals surface area (Å²) in [6.45, 7) is 0.542. The third-order valence-corrected chi connectivity index (χ3v) is 7.20. The summed E-state index contributed by atoms with van der Waals surface area (Å²) in [4.78, 5) is 35.0. The molecule has 0 saturated heterocycles. The van der Waals surface area contributed by atoms with Crippen LogP contribution in [0.3, 0.4) is 0 Å². The minimum Gasteiger partial charge on any atom is -0.481 e. The summed E-state index contributed by atoms with van der Waals surface area (Å²) in [5.74, 6) is -3.59. The average molecular weight is 451 g/mol. The molecule has 0 amide bonds. The summed E-state index contributed by atoms with van der Waals surface area (Å²) >= 11 is 0. The molecule has 2 fully saturated rings. The zero-order valence-electron chi connectivity index (χ0n) is 18.1. The van der Waals surface area contributed by atoms with E-state index < -0.39 is 59.8 Å². The molecule has 0 aromatic rings. The van der Waals surface area contributed by atoms with E-state index in [4.69, 9.17) is 15.3 Å². The standard InChI is InChI=1S/C19H33N3O9/c1-20(7-4-10(23)24)14-13-15(21(2)8-5-11(25)26)18(30)19(13,31)17(16(14)29)22(3)9-6-12(27)28/h13-18,29-31H,4-9H2,1-3H3,(H,23,24)(H,25,26)(H,27,28)/p+3. The number of carboxylic acids is 3. The zero-order valence-corrected chi connectivity index (χ0v) is 18.1. The van der Waals surface area contributed by atoms with Gasteiger partial charge in [-0.3, -0.25) is 14.4 Å². The topological polar surface area (TPSA) is 186 Å². The van der Waals surface area contributed by atoms with Crippen LogP contribution in [-0.4, -0.2) is 125 Å². The fraction of sp³-hybridized carbons (Fsp3) is 0.842. The Hall–Kier alpha value is -1.83. The lowest BCUT2D eigenvalue weighted by atomic mass is 9.61. The van der Waals surface area contributed by atoms with Crippen molar-refractivity contribution in [2.45, 2.75) is 55.2 Å². The number of aliphatic hydroxyl groups excluding tert-OH is 2. The highest BCUT2D eigenvalue weighted by Crippen LogP contribution is 2.48. The quantitative estimate of drug-likeness (QED) is 0.139. The Morgan fingerprint density at radius 3 is 1.55 bits per heavy atom. The van der Waals surface area contributed by atoms with E-state index >= 15 is 0 Å². The molecular formula is C19H36N3O9+3. The molecule has 10 atom stereocenters. The lowest BCUT2D eigenvalue weighted by Gasteiger charge is -2.54. The van der Waals surface area contributed by atoms with E-state index in [0.717, 1.165) is 0 Å². The number of rotatable bonds is 12. The zero-order chi connectivity index (χ0) is 23.7. The first kappa shape index (κ1) is 25.4. The highest BCUT2D eigenvalue weighted by molar-refractivity contribution is 5.67. The molecule has 0 aromatic heterocycles. The summed E-state index contributed by atoms with van der Waals surface area (Å²) in [6, 6.07) is -2.00. The Kier molecular flexibility index (Phi) is 8.00. The van der Waals surface area contributed by atoms with Crippen LogP contribution in [0.15, 0.2) is 0 Å². The van der Waals surface area contributed by atoms with Gasteiger partial charge in [0.15, 0.2) is 17.7 Å². The van der Waals surface area contributed by atoms with Gasteiger partial charge in [-0.15, -0.1) is 0 Å². The second kappa shape index (κ2) is 9.76. The van der Waals surface area contributed by atoms with E-state index in [1.807, 2.05) is 0 Å². The molecule has 12 heteroatoms. The molecule has 31 heavy (non-hydrogen) atoms. The third-order valence-electron chi connectivity index (χ3n) is 7.20. The van der Waals surface area contributed by atoms with Gasteiger partial charge in [0.25, 0.3) is 0 Å². The van der Waals surface area contributed by atoms with Gasteiger partial charge >= 0.3 is 17.9 Å². The van der Waals surface area contributed by atoms with Gasteiger partial charge in [0.1, 0.15) is 24.1 Å². The van der Waals surface area contributed by atoms with Crippen LogP contribution in [0.5, 0.6) is 0 Å². The Bertz CT molecular complexity index is 693. The fourth-order valence-electron chi connectivity index (χ4n) is 5.71. The van der Waals surface area contributed by atoms with Crippen molar-refractivity contribution in [3.8, 4) is 0 Å². The maximum atomic E-state index is 11.5. The van der Waals surface area contributed by atoms with Gasteiger partial charge in [0.05, 0.1) is 60.0 Å². The molecule has 2 aliphatic carbocycles. The van der Waals surface area contributed by atoms with Crippen LogP contribution in [-0.2, 0) is 14.4 Å². The molecule has 0 aliphatic heterocycles. The van der Waals surface area contributed by atoms with Crippen molar-refractivity contribution in [2.75, 3.05) is 40.8 Å². The Morgan fingerprint density at radius 1 is 0.742 bits per heavy atom. The van der Waals surface area contributed by atoms with Crippen molar-refractivity contribution in [3.63, 3.8) is 0 Å². The molecule has 0 bridgehead atoms. The highest BCUT2D eigenvalue weighted by atomic mass is 16.4. The van der Waals surface area contributed by atoms with Crippen molar-refractivity contribution >= 4 is 17.9 Å². The number of hydrogen-bond acceptors (Lipinski definition) is 6. The number of carbonyl (C=O) groups is 3. The van der Waals surface area contributed by atoms with Gasteiger partial charge in [0.2, 0.25) is 0 Å². The average Bonchev–Trinajstić information content (AvgIpc) is 2.87. The van der Waals surface area contributed by atoms with Gasteiger partial charge in [-0.25, -0.2) is 0 Å².